The summed E-state index contributed by atoms with van der Waals surface area (Å²) in [7, 11) is 0. The van der Waals surface area contributed by atoms with E-state index in [1.807, 2.05) is 52.1 Å². The SMILES string of the molecule is CC.CC.Cc1c2ccccc2cn1-c1ccccn1. The van der Waals surface area contributed by atoms with E-state index in [0.29, 0.717) is 0 Å². The van der Waals surface area contributed by atoms with Crippen LogP contribution in [0.5, 0.6) is 0 Å². The summed E-state index contributed by atoms with van der Waals surface area (Å²) in [4.78, 5) is 4.37. The van der Waals surface area contributed by atoms with Gasteiger partial charge in [0.25, 0.3) is 0 Å². The number of nitrogens with zero attached hydrogens (tertiary/aromatic N) is 2. The van der Waals surface area contributed by atoms with Crippen molar-refractivity contribution < 1.29 is 0 Å². The molecule has 0 atom stereocenters. The van der Waals surface area contributed by atoms with E-state index in [9.17, 15) is 0 Å². The molecule has 0 bridgehead atoms. The van der Waals surface area contributed by atoms with E-state index in [1.54, 1.807) is 0 Å². The molecule has 20 heavy (non-hydrogen) atoms. The lowest BCUT2D eigenvalue weighted by atomic mass is 10.2. The zero-order chi connectivity index (χ0) is 15.0. The minimum Gasteiger partial charge on any atom is -0.305 e. The fourth-order valence-electron chi connectivity index (χ4n) is 2.04. The highest BCUT2D eigenvalue weighted by atomic mass is 15.1. The molecule has 0 fully saturated rings. The van der Waals surface area contributed by atoms with Crippen molar-refractivity contribution in [2.24, 2.45) is 0 Å². The molecule has 0 saturated heterocycles. The Balaban J connectivity index is 0.000000461. The predicted octanol–water partition coefficient (Wildman–Crippen LogP) is 5.39. The van der Waals surface area contributed by atoms with E-state index in [1.165, 1.54) is 16.5 Å². The van der Waals surface area contributed by atoms with Gasteiger partial charge >= 0.3 is 0 Å². The van der Waals surface area contributed by atoms with Gasteiger partial charge in [0, 0.05) is 28.9 Å². The van der Waals surface area contributed by atoms with Crippen molar-refractivity contribution in [1.29, 1.82) is 0 Å². The fourth-order valence-corrected chi connectivity index (χ4v) is 2.04. The van der Waals surface area contributed by atoms with Gasteiger partial charge in [-0.05, 0) is 19.1 Å². The number of benzene rings is 1. The molecule has 0 aliphatic heterocycles. The quantitative estimate of drug-likeness (QED) is 0.579. The summed E-state index contributed by atoms with van der Waals surface area (Å²) >= 11 is 0. The fraction of sp³-hybridized carbons (Fsp3) is 0.278. The number of aryl methyl sites for hydroxylation is 1. The summed E-state index contributed by atoms with van der Waals surface area (Å²) < 4.78 is 2.13. The lowest BCUT2D eigenvalue weighted by Gasteiger charge is -2.03. The van der Waals surface area contributed by atoms with Crippen LogP contribution in [0.3, 0.4) is 0 Å². The molecule has 0 spiro atoms. The van der Waals surface area contributed by atoms with E-state index in [4.69, 9.17) is 0 Å². The molecule has 106 valence electrons. The summed E-state index contributed by atoms with van der Waals surface area (Å²) in [5.41, 5.74) is 1.23. The highest BCUT2D eigenvalue weighted by Crippen LogP contribution is 2.22. The maximum absolute atomic E-state index is 4.37. The largest absolute Gasteiger partial charge is 0.305 e. The van der Waals surface area contributed by atoms with Crippen LogP contribution in [0.4, 0.5) is 0 Å². The molecule has 2 aromatic heterocycles. The topological polar surface area (TPSA) is 17.8 Å². The summed E-state index contributed by atoms with van der Waals surface area (Å²) in [6, 6.07) is 14.4. The summed E-state index contributed by atoms with van der Waals surface area (Å²) in [5.74, 6) is 0.969. The van der Waals surface area contributed by atoms with Gasteiger partial charge in [-0.1, -0.05) is 58.0 Å². The number of hydrogen-bond acceptors (Lipinski definition) is 1. The molecule has 0 saturated carbocycles. The predicted molar refractivity (Wildman–Crippen MR) is 88.5 cm³/mol. The van der Waals surface area contributed by atoms with E-state index in [-0.39, 0.29) is 0 Å². The van der Waals surface area contributed by atoms with Gasteiger partial charge in [0.15, 0.2) is 0 Å². The lowest BCUT2D eigenvalue weighted by molar-refractivity contribution is 0.969. The zero-order valence-corrected chi connectivity index (χ0v) is 13.1. The third kappa shape index (κ3) is 3.27. The number of hydrogen-bond donors (Lipinski definition) is 0. The maximum Gasteiger partial charge on any atom is 0.136 e. The maximum atomic E-state index is 4.37. The van der Waals surface area contributed by atoms with Crippen LogP contribution in [0.25, 0.3) is 16.6 Å². The Morgan fingerprint density at radius 2 is 1.50 bits per heavy atom. The smallest absolute Gasteiger partial charge is 0.136 e. The number of rotatable bonds is 1. The van der Waals surface area contributed by atoms with Gasteiger partial charge < -0.3 is 4.57 Å². The highest BCUT2D eigenvalue weighted by Gasteiger charge is 2.05. The van der Waals surface area contributed by atoms with Gasteiger partial charge in [0.1, 0.15) is 5.82 Å². The number of aromatic nitrogens is 2. The molecule has 0 aliphatic rings. The van der Waals surface area contributed by atoms with Gasteiger partial charge in [0.05, 0.1) is 0 Å². The van der Waals surface area contributed by atoms with Crippen LogP contribution in [0.1, 0.15) is 33.4 Å². The minimum atomic E-state index is 0.969. The normalized spacial score (nSPS) is 9.25. The Kier molecular flexibility index (Phi) is 6.51. The molecule has 3 rings (SSSR count). The molecule has 0 N–H and O–H groups in total. The Hall–Kier alpha value is -2.09. The molecular formula is C18H24N2. The monoisotopic (exact) mass is 268 g/mol. The van der Waals surface area contributed by atoms with Crippen molar-refractivity contribution in [2.75, 3.05) is 0 Å². The van der Waals surface area contributed by atoms with Crippen LogP contribution in [-0.4, -0.2) is 9.55 Å². The van der Waals surface area contributed by atoms with Crippen molar-refractivity contribution in [1.82, 2.24) is 9.55 Å². The molecule has 2 nitrogen and oxygen atoms in total. The lowest BCUT2D eigenvalue weighted by Crippen LogP contribution is -1.96. The molecule has 0 radical (unpaired) electrons. The molecule has 2 heteroatoms. The Labute approximate surface area is 122 Å². The molecular weight excluding hydrogens is 244 g/mol. The van der Waals surface area contributed by atoms with E-state index >= 15 is 0 Å². The summed E-state index contributed by atoms with van der Waals surface area (Å²) in [6.07, 6.45) is 3.95. The molecule has 0 unspecified atom stereocenters. The second-order valence-corrected chi connectivity index (χ2v) is 3.86. The number of fused-ring (bicyclic) bond motifs is 1. The van der Waals surface area contributed by atoms with E-state index in [2.05, 4.69) is 46.9 Å². The van der Waals surface area contributed by atoms with Gasteiger partial charge in [-0.2, -0.15) is 0 Å². The van der Waals surface area contributed by atoms with Crippen LogP contribution in [0.2, 0.25) is 0 Å². The van der Waals surface area contributed by atoms with Gasteiger partial charge in [-0.3, -0.25) is 0 Å². The van der Waals surface area contributed by atoms with Crippen molar-refractivity contribution >= 4 is 10.8 Å². The molecule has 3 aromatic rings. The van der Waals surface area contributed by atoms with E-state index < -0.39 is 0 Å². The van der Waals surface area contributed by atoms with Crippen LogP contribution < -0.4 is 0 Å². The van der Waals surface area contributed by atoms with Crippen LogP contribution in [0, 0.1) is 6.92 Å². The minimum absolute atomic E-state index is 0.969. The Bertz CT molecular complexity index is 624. The summed E-state index contributed by atoms with van der Waals surface area (Å²) in [6.45, 7) is 10.1. The summed E-state index contributed by atoms with van der Waals surface area (Å²) in [5, 5.41) is 2.54. The first-order valence-corrected chi connectivity index (χ1v) is 7.34. The number of pyridine rings is 1. The van der Waals surface area contributed by atoms with Crippen LogP contribution in [-0.2, 0) is 0 Å². The Morgan fingerprint density at radius 1 is 0.850 bits per heavy atom. The first-order chi connectivity index (χ1) is 9.86. The zero-order valence-electron chi connectivity index (χ0n) is 13.1. The molecule has 0 amide bonds. The van der Waals surface area contributed by atoms with Crippen molar-refractivity contribution in [3.05, 3.63) is 60.6 Å². The third-order valence-electron chi connectivity index (χ3n) is 2.88. The highest BCUT2D eigenvalue weighted by molar-refractivity contribution is 5.86. The molecule has 1 aromatic carbocycles. The second-order valence-electron chi connectivity index (χ2n) is 3.86. The van der Waals surface area contributed by atoms with Gasteiger partial charge in [0.2, 0.25) is 0 Å². The first-order valence-electron chi connectivity index (χ1n) is 7.34. The molecule has 2 heterocycles. The standard InChI is InChI=1S/C14H12N2.2C2H6/c1-11-13-7-3-2-6-12(13)10-16(11)14-8-4-5-9-15-14;2*1-2/h2-10H,1H3;2*1-2H3. The van der Waals surface area contributed by atoms with Crippen molar-refractivity contribution in [3.63, 3.8) is 0 Å². The van der Waals surface area contributed by atoms with E-state index in [0.717, 1.165) is 5.82 Å². The van der Waals surface area contributed by atoms with Crippen molar-refractivity contribution in [2.45, 2.75) is 34.6 Å². The third-order valence-corrected chi connectivity index (χ3v) is 2.88. The van der Waals surface area contributed by atoms with Gasteiger partial charge in [-0.15, -0.1) is 0 Å². The van der Waals surface area contributed by atoms with Crippen molar-refractivity contribution in [3.8, 4) is 5.82 Å². The van der Waals surface area contributed by atoms with Gasteiger partial charge in [-0.25, -0.2) is 4.98 Å². The molecule has 0 aliphatic carbocycles. The average molecular weight is 268 g/mol. The van der Waals surface area contributed by atoms with Crippen LogP contribution >= 0.6 is 0 Å². The second kappa shape index (κ2) is 8.16. The average Bonchev–Trinajstić information content (AvgIpc) is 2.90. The first kappa shape index (κ1) is 16.0. The van der Waals surface area contributed by atoms with Crippen LogP contribution in [0.15, 0.2) is 54.9 Å². The Morgan fingerprint density at radius 3 is 2.10 bits per heavy atom.